The Morgan fingerprint density at radius 2 is 1.89 bits per heavy atom. The van der Waals surface area contributed by atoms with Gasteiger partial charge in [-0.05, 0) is 45.8 Å². The van der Waals surface area contributed by atoms with Crippen molar-refractivity contribution in [1.82, 2.24) is 4.98 Å². The summed E-state index contributed by atoms with van der Waals surface area (Å²) in [7, 11) is 1.51. The fourth-order valence-electron chi connectivity index (χ4n) is 3.25. The zero-order chi connectivity index (χ0) is 24.9. The third-order valence-electron chi connectivity index (χ3n) is 5.01. The van der Waals surface area contributed by atoms with E-state index in [2.05, 4.69) is 27.0 Å². The van der Waals surface area contributed by atoms with Crippen LogP contribution in [0.25, 0.3) is 22.6 Å². The van der Waals surface area contributed by atoms with Gasteiger partial charge >= 0.3 is 0 Å². The first-order valence-electron chi connectivity index (χ1n) is 10.2. The minimum atomic E-state index is -0.226. The van der Waals surface area contributed by atoms with Crippen molar-refractivity contribution in [2.45, 2.75) is 6.61 Å². The molecule has 0 bridgehead atoms. The number of nitriles is 1. The van der Waals surface area contributed by atoms with Gasteiger partial charge in [0, 0.05) is 16.5 Å². The van der Waals surface area contributed by atoms with Gasteiger partial charge in [-0.1, -0.05) is 59.6 Å². The third-order valence-corrected chi connectivity index (χ3v) is 7.20. The van der Waals surface area contributed by atoms with Gasteiger partial charge < -0.3 is 14.6 Å². The fraction of sp³-hybridized carbons (Fsp3) is 0.0769. The Morgan fingerprint density at radius 3 is 2.57 bits per heavy atom. The van der Waals surface area contributed by atoms with E-state index in [-0.39, 0.29) is 11.3 Å². The van der Waals surface area contributed by atoms with Gasteiger partial charge in [0.25, 0.3) is 0 Å². The molecule has 176 valence electrons. The molecule has 0 aliphatic carbocycles. The van der Waals surface area contributed by atoms with Crippen molar-refractivity contribution >= 4 is 61.8 Å². The monoisotopic (exact) mass is 586 g/mol. The number of hydrogen-bond donors (Lipinski definition) is 1. The summed E-state index contributed by atoms with van der Waals surface area (Å²) < 4.78 is 12.0. The van der Waals surface area contributed by atoms with Crippen LogP contribution in [0, 0.1) is 11.3 Å². The van der Waals surface area contributed by atoms with Crippen LogP contribution < -0.4 is 9.47 Å². The molecule has 5 nitrogen and oxygen atoms in total. The fourth-order valence-corrected chi connectivity index (χ4v) is 4.93. The van der Waals surface area contributed by atoms with Gasteiger partial charge in [0.15, 0.2) is 11.5 Å². The van der Waals surface area contributed by atoms with Crippen LogP contribution in [0.2, 0.25) is 10.0 Å². The second kappa shape index (κ2) is 11.1. The summed E-state index contributed by atoms with van der Waals surface area (Å²) in [4.78, 5) is 4.52. The van der Waals surface area contributed by atoms with Crippen LogP contribution in [0.4, 0.5) is 0 Å². The number of allylic oxidation sites excluding steroid dienone is 1. The average Bonchev–Trinajstić information content (AvgIpc) is 3.35. The molecule has 4 aromatic rings. The van der Waals surface area contributed by atoms with Crippen molar-refractivity contribution in [1.29, 1.82) is 5.26 Å². The largest absolute Gasteiger partial charge is 0.506 e. The van der Waals surface area contributed by atoms with E-state index < -0.39 is 0 Å². The molecule has 0 unspecified atom stereocenters. The van der Waals surface area contributed by atoms with Gasteiger partial charge in [-0.15, -0.1) is 11.3 Å². The van der Waals surface area contributed by atoms with E-state index >= 15 is 0 Å². The molecule has 1 heterocycles. The van der Waals surface area contributed by atoms with Gasteiger partial charge in [0.05, 0.1) is 27.3 Å². The molecule has 0 spiro atoms. The Labute approximate surface area is 224 Å². The highest BCUT2D eigenvalue weighted by Crippen LogP contribution is 2.40. The maximum absolute atomic E-state index is 11.0. The zero-order valence-corrected chi connectivity index (χ0v) is 22.2. The normalized spacial score (nSPS) is 11.5. The highest BCUT2D eigenvalue weighted by atomic mass is 79.9. The Balaban J connectivity index is 1.66. The Hall–Kier alpha value is -3.02. The second-order valence-corrected chi connectivity index (χ2v) is 9.79. The molecule has 0 saturated heterocycles. The van der Waals surface area contributed by atoms with E-state index in [0.29, 0.717) is 48.9 Å². The number of aliphatic hydroxyl groups is 1. The maximum Gasteiger partial charge on any atom is 0.175 e. The average molecular weight is 588 g/mol. The molecule has 0 radical (unpaired) electrons. The molecule has 4 rings (SSSR count). The lowest BCUT2D eigenvalue weighted by molar-refractivity contribution is 0.282. The molecule has 3 aromatic carbocycles. The van der Waals surface area contributed by atoms with Crippen LogP contribution in [-0.4, -0.2) is 17.2 Å². The predicted molar refractivity (Wildman–Crippen MR) is 144 cm³/mol. The van der Waals surface area contributed by atoms with Crippen LogP contribution in [0.3, 0.4) is 0 Å². The molecule has 0 aliphatic heterocycles. The molecule has 0 fully saturated rings. The number of benzene rings is 3. The Kier molecular flexibility index (Phi) is 7.99. The van der Waals surface area contributed by atoms with E-state index in [1.165, 1.54) is 18.4 Å². The zero-order valence-electron chi connectivity index (χ0n) is 18.3. The standard InChI is InChI=1S/C26H17BrCl2N2O3S/c1-33-23-11-17(9-19(27)25(23)34-13-15-5-3-2-4-6-15)24(32)18(12-30)26-31-22(14-35-26)16-7-8-20(28)21(29)10-16/h2-11,14,32H,13H2,1H3/b24-18+. The number of aliphatic hydroxyl groups excluding tert-OH is 1. The summed E-state index contributed by atoms with van der Waals surface area (Å²) in [6.45, 7) is 0.344. The smallest absolute Gasteiger partial charge is 0.175 e. The minimum absolute atomic E-state index is 0.0354. The summed E-state index contributed by atoms with van der Waals surface area (Å²) in [5.41, 5.74) is 2.79. The number of halogens is 3. The number of ether oxygens (including phenoxy) is 2. The van der Waals surface area contributed by atoms with Crippen LogP contribution in [0.1, 0.15) is 16.1 Å². The molecular formula is C26H17BrCl2N2O3S. The lowest BCUT2D eigenvalue weighted by atomic mass is 10.1. The van der Waals surface area contributed by atoms with Crippen molar-refractivity contribution in [3.63, 3.8) is 0 Å². The quantitative estimate of drug-likeness (QED) is 0.173. The molecule has 9 heteroatoms. The summed E-state index contributed by atoms with van der Waals surface area (Å²) in [5, 5.41) is 23.8. The SMILES string of the molecule is COc1cc(/C(O)=C(/C#N)c2nc(-c3ccc(Cl)c(Cl)c3)cs2)cc(Br)c1OCc1ccccc1. The van der Waals surface area contributed by atoms with Crippen molar-refractivity contribution in [2.75, 3.05) is 7.11 Å². The summed E-state index contributed by atoms with van der Waals surface area (Å²) >= 11 is 16.9. The molecule has 0 saturated carbocycles. The lowest BCUT2D eigenvalue weighted by Crippen LogP contribution is -2.00. The van der Waals surface area contributed by atoms with E-state index in [1.807, 2.05) is 30.3 Å². The van der Waals surface area contributed by atoms with Crippen LogP contribution in [0.15, 0.2) is 70.5 Å². The van der Waals surface area contributed by atoms with Crippen molar-refractivity contribution < 1.29 is 14.6 Å². The maximum atomic E-state index is 11.0. The molecule has 0 aliphatic rings. The van der Waals surface area contributed by atoms with E-state index in [9.17, 15) is 10.4 Å². The van der Waals surface area contributed by atoms with E-state index in [4.69, 9.17) is 32.7 Å². The van der Waals surface area contributed by atoms with Crippen LogP contribution >= 0.6 is 50.5 Å². The number of aromatic nitrogens is 1. The third kappa shape index (κ3) is 5.63. The number of hydrogen-bond acceptors (Lipinski definition) is 6. The predicted octanol–water partition coefficient (Wildman–Crippen LogP) is 8.42. The first-order chi connectivity index (χ1) is 16.9. The van der Waals surface area contributed by atoms with Gasteiger partial charge in [-0.3, -0.25) is 0 Å². The van der Waals surface area contributed by atoms with Crippen molar-refractivity contribution in [2.24, 2.45) is 0 Å². The Morgan fingerprint density at radius 1 is 1.11 bits per heavy atom. The van der Waals surface area contributed by atoms with Gasteiger partial charge in [-0.25, -0.2) is 4.98 Å². The molecule has 0 amide bonds. The highest BCUT2D eigenvalue weighted by Gasteiger charge is 2.19. The summed E-state index contributed by atoms with van der Waals surface area (Å²) in [6.07, 6.45) is 0. The van der Waals surface area contributed by atoms with Gasteiger partial charge in [0.2, 0.25) is 0 Å². The lowest BCUT2D eigenvalue weighted by Gasteiger charge is -2.14. The Bertz CT molecular complexity index is 1450. The summed E-state index contributed by atoms with van der Waals surface area (Å²) in [6, 6.07) is 20.3. The molecule has 1 aromatic heterocycles. The van der Waals surface area contributed by atoms with Gasteiger partial charge in [0.1, 0.15) is 29.0 Å². The van der Waals surface area contributed by atoms with Crippen molar-refractivity contribution in [3.8, 4) is 28.8 Å². The van der Waals surface area contributed by atoms with E-state index in [0.717, 1.165) is 11.1 Å². The molecule has 1 N–H and O–H groups in total. The molecule has 35 heavy (non-hydrogen) atoms. The van der Waals surface area contributed by atoms with Crippen molar-refractivity contribution in [3.05, 3.63) is 96.7 Å². The highest BCUT2D eigenvalue weighted by molar-refractivity contribution is 9.10. The first kappa shape index (κ1) is 25.1. The van der Waals surface area contributed by atoms with Crippen LogP contribution in [0.5, 0.6) is 11.5 Å². The summed E-state index contributed by atoms with van der Waals surface area (Å²) in [5.74, 6) is 0.670. The minimum Gasteiger partial charge on any atom is -0.506 e. The van der Waals surface area contributed by atoms with Gasteiger partial charge in [-0.2, -0.15) is 5.26 Å². The number of thiazole rings is 1. The number of methoxy groups -OCH3 is 1. The number of rotatable bonds is 7. The molecular weight excluding hydrogens is 571 g/mol. The molecule has 0 atom stereocenters. The topological polar surface area (TPSA) is 75.4 Å². The number of nitrogens with zero attached hydrogens (tertiary/aromatic N) is 2. The first-order valence-corrected chi connectivity index (χ1v) is 12.6. The second-order valence-electron chi connectivity index (χ2n) is 7.27. The van der Waals surface area contributed by atoms with Crippen LogP contribution in [-0.2, 0) is 6.61 Å². The van der Waals surface area contributed by atoms with E-state index in [1.54, 1.807) is 35.7 Å².